The Balaban J connectivity index is 1.26. The van der Waals surface area contributed by atoms with E-state index in [1.807, 2.05) is 6.07 Å². The first-order valence-electron chi connectivity index (χ1n) is 13.5. The Kier molecular flexibility index (Phi) is 7.63. The van der Waals surface area contributed by atoms with Gasteiger partial charge in [0.25, 0.3) is 0 Å². The van der Waals surface area contributed by atoms with Crippen molar-refractivity contribution in [1.82, 2.24) is 19.9 Å². The summed E-state index contributed by atoms with van der Waals surface area (Å²) in [6.07, 6.45) is 6.00. The summed E-state index contributed by atoms with van der Waals surface area (Å²) < 4.78 is 40.1. The van der Waals surface area contributed by atoms with Gasteiger partial charge in [-0.1, -0.05) is 24.3 Å². The number of hydrogen-bond acceptors (Lipinski definition) is 7. The Morgan fingerprint density at radius 1 is 0.955 bits per heavy atom. The minimum atomic E-state index is -0.705. The lowest BCUT2D eigenvalue weighted by Gasteiger charge is -2.13. The summed E-state index contributed by atoms with van der Waals surface area (Å²) in [6, 6.07) is 16.6. The van der Waals surface area contributed by atoms with Gasteiger partial charge in [0.2, 0.25) is 5.88 Å². The van der Waals surface area contributed by atoms with Crippen LogP contribution in [0.3, 0.4) is 0 Å². The Morgan fingerprint density at radius 3 is 2.50 bits per heavy atom. The number of nitrogens with zero attached hydrogens (tertiary/aromatic N) is 3. The number of hydrogen-bond donors (Lipinski definition) is 1. The molecule has 0 atom stereocenters. The number of Topliss-reactive ketones (excluding diaryl/α,β-unsaturated/α-hetero) is 1. The Hall–Kier alpha value is -5.77. The van der Waals surface area contributed by atoms with Crippen LogP contribution in [0.15, 0.2) is 96.3 Å². The predicted octanol–water partition coefficient (Wildman–Crippen LogP) is 6.86. The molecule has 0 fully saturated rings. The van der Waals surface area contributed by atoms with Crippen LogP contribution >= 0.6 is 0 Å². The second kappa shape index (κ2) is 11.8. The number of carbonyl (C=O) groups is 1. The van der Waals surface area contributed by atoms with Gasteiger partial charge in [-0.15, -0.1) is 0 Å². The highest BCUT2D eigenvalue weighted by Gasteiger charge is 2.19. The van der Waals surface area contributed by atoms with Gasteiger partial charge >= 0.3 is 0 Å². The summed E-state index contributed by atoms with van der Waals surface area (Å²) in [6.45, 7) is 1.69. The van der Waals surface area contributed by atoms with Gasteiger partial charge in [0.1, 0.15) is 11.3 Å². The predicted molar refractivity (Wildman–Crippen MR) is 161 cm³/mol. The number of H-pyrrole nitrogens is 1. The van der Waals surface area contributed by atoms with Crippen molar-refractivity contribution in [3.05, 3.63) is 130 Å². The highest BCUT2D eigenvalue weighted by Crippen LogP contribution is 2.35. The Morgan fingerprint density at radius 2 is 1.77 bits per heavy atom. The summed E-state index contributed by atoms with van der Waals surface area (Å²) in [4.78, 5) is 42.4. The lowest BCUT2D eigenvalue weighted by molar-refractivity contribution is 0.0991. The van der Waals surface area contributed by atoms with Crippen LogP contribution in [0.4, 0.5) is 8.78 Å². The second-order valence-electron chi connectivity index (χ2n) is 9.97. The van der Waals surface area contributed by atoms with Crippen molar-refractivity contribution in [3.8, 4) is 39.6 Å². The monoisotopic (exact) mass is 590 g/mol. The number of aryl methyl sites for hydroxylation is 1. The van der Waals surface area contributed by atoms with Crippen molar-refractivity contribution in [2.45, 2.75) is 13.3 Å². The lowest BCUT2D eigenvalue weighted by Crippen LogP contribution is -2.20. The van der Waals surface area contributed by atoms with Crippen molar-refractivity contribution in [1.29, 1.82) is 0 Å². The molecule has 8 nitrogen and oxygen atoms in total. The highest BCUT2D eigenvalue weighted by atomic mass is 19.1. The number of ether oxygens (including phenoxy) is 2. The summed E-state index contributed by atoms with van der Waals surface area (Å²) in [5.74, 6) is -1.14. The molecule has 0 saturated heterocycles. The van der Waals surface area contributed by atoms with Gasteiger partial charge in [0, 0.05) is 59.7 Å². The molecule has 0 amide bonds. The van der Waals surface area contributed by atoms with Crippen molar-refractivity contribution in [3.63, 3.8) is 0 Å². The van der Waals surface area contributed by atoms with Crippen LogP contribution in [-0.4, -0.2) is 32.8 Å². The molecular weight excluding hydrogens is 566 g/mol. The standard InChI is InChI=1S/C34H24F2N4O4/c1-19-31(21-6-8-23(35)9-7-21)33(42)25(18-39-19)28(41)15-20-5-10-29(26(36)14-20)44-30-11-13-38-27-16-24(22-4-3-12-37-17-22)34(43-2)40-32(27)30/h3-14,16-18H,15H2,1-2H3,(H,39,42). The van der Waals surface area contributed by atoms with Crippen LogP contribution in [0.5, 0.6) is 17.4 Å². The molecule has 44 heavy (non-hydrogen) atoms. The van der Waals surface area contributed by atoms with Gasteiger partial charge in [-0.2, -0.15) is 0 Å². The molecule has 6 aromatic rings. The number of aromatic nitrogens is 4. The second-order valence-corrected chi connectivity index (χ2v) is 9.97. The average Bonchev–Trinajstić information content (AvgIpc) is 3.03. The van der Waals surface area contributed by atoms with Crippen LogP contribution in [0.1, 0.15) is 21.6 Å². The van der Waals surface area contributed by atoms with E-state index in [9.17, 15) is 14.0 Å². The molecule has 0 bridgehead atoms. The van der Waals surface area contributed by atoms with Crippen LogP contribution in [0.2, 0.25) is 0 Å². The fourth-order valence-electron chi connectivity index (χ4n) is 4.93. The van der Waals surface area contributed by atoms with Gasteiger partial charge in [0.05, 0.1) is 18.2 Å². The number of rotatable bonds is 8. The van der Waals surface area contributed by atoms with Crippen LogP contribution in [0.25, 0.3) is 33.3 Å². The molecule has 0 radical (unpaired) electrons. The van der Waals surface area contributed by atoms with E-state index in [0.29, 0.717) is 39.3 Å². The zero-order valence-electron chi connectivity index (χ0n) is 23.6. The maximum atomic E-state index is 15.3. The SMILES string of the molecule is COc1nc2c(Oc3ccc(CC(=O)c4c[nH]c(C)c(-c5ccc(F)cc5)c4=O)cc3F)ccnc2cc1-c1cccnc1. The lowest BCUT2D eigenvalue weighted by atomic mass is 9.98. The van der Waals surface area contributed by atoms with E-state index in [2.05, 4.69) is 19.9 Å². The molecular formula is C34H24F2N4O4. The number of pyridine rings is 4. The maximum Gasteiger partial charge on any atom is 0.221 e. The van der Waals surface area contributed by atoms with Crippen molar-refractivity contribution >= 4 is 16.8 Å². The molecule has 6 rings (SSSR count). The topological polar surface area (TPSA) is 107 Å². The van der Waals surface area contributed by atoms with Gasteiger partial charge in [-0.05, 0) is 54.4 Å². The molecule has 4 aromatic heterocycles. The number of aromatic amines is 1. The van der Waals surface area contributed by atoms with E-state index >= 15 is 4.39 Å². The van der Waals surface area contributed by atoms with Crippen LogP contribution in [0, 0.1) is 18.6 Å². The molecule has 218 valence electrons. The van der Waals surface area contributed by atoms with Crippen LogP contribution in [-0.2, 0) is 6.42 Å². The number of benzene rings is 2. The smallest absolute Gasteiger partial charge is 0.221 e. The van der Waals surface area contributed by atoms with Crippen molar-refractivity contribution in [2.24, 2.45) is 0 Å². The van der Waals surface area contributed by atoms with Gasteiger partial charge in [-0.3, -0.25) is 19.6 Å². The average molecular weight is 591 g/mol. The largest absolute Gasteiger partial charge is 0.481 e. The first-order valence-corrected chi connectivity index (χ1v) is 13.5. The van der Waals surface area contributed by atoms with Gasteiger partial charge < -0.3 is 14.5 Å². The number of carbonyl (C=O) groups excluding carboxylic acids is 1. The molecule has 0 unspecified atom stereocenters. The molecule has 0 spiro atoms. The van der Waals surface area contributed by atoms with E-state index in [4.69, 9.17) is 9.47 Å². The minimum absolute atomic E-state index is 0.0791. The molecule has 0 aliphatic carbocycles. The van der Waals surface area contributed by atoms with Crippen molar-refractivity contribution in [2.75, 3.05) is 7.11 Å². The normalized spacial score (nSPS) is 11.0. The van der Waals surface area contributed by atoms with Crippen molar-refractivity contribution < 1.29 is 23.0 Å². The Labute approximate surface area is 250 Å². The van der Waals surface area contributed by atoms with E-state index in [-0.39, 0.29) is 29.0 Å². The Bertz CT molecular complexity index is 2080. The molecule has 2 aromatic carbocycles. The quantitative estimate of drug-likeness (QED) is 0.193. The first-order chi connectivity index (χ1) is 21.3. The van der Waals surface area contributed by atoms with Gasteiger partial charge in [-0.25, -0.2) is 13.8 Å². The molecule has 0 aliphatic rings. The summed E-state index contributed by atoms with van der Waals surface area (Å²) >= 11 is 0. The number of methoxy groups -OCH3 is 1. The third kappa shape index (κ3) is 5.52. The maximum absolute atomic E-state index is 15.3. The van der Waals surface area contributed by atoms with Gasteiger partial charge in [0.15, 0.2) is 28.5 Å². The van der Waals surface area contributed by atoms with E-state index in [1.165, 1.54) is 55.9 Å². The zero-order valence-corrected chi connectivity index (χ0v) is 23.6. The fraction of sp³-hybridized carbons (Fsp3) is 0.0882. The minimum Gasteiger partial charge on any atom is -0.481 e. The number of nitrogens with one attached hydrogen (secondary N) is 1. The summed E-state index contributed by atoms with van der Waals surface area (Å²) in [5, 5.41) is 0. The summed E-state index contributed by atoms with van der Waals surface area (Å²) in [7, 11) is 1.50. The first kappa shape index (κ1) is 28.4. The fourth-order valence-corrected chi connectivity index (χ4v) is 4.93. The molecule has 10 heteroatoms. The molecule has 0 saturated carbocycles. The molecule has 4 heterocycles. The number of ketones is 1. The van der Waals surface area contributed by atoms with E-state index in [1.54, 1.807) is 43.6 Å². The molecule has 0 aliphatic heterocycles. The van der Waals surface area contributed by atoms with E-state index < -0.39 is 22.8 Å². The van der Waals surface area contributed by atoms with Crippen LogP contribution < -0.4 is 14.9 Å². The van der Waals surface area contributed by atoms with E-state index in [0.717, 1.165) is 5.56 Å². The summed E-state index contributed by atoms with van der Waals surface area (Å²) in [5.41, 5.74) is 3.43. The highest BCUT2D eigenvalue weighted by molar-refractivity contribution is 5.98. The molecule has 1 N–H and O–H groups in total. The number of fused-ring (bicyclic) bond motifs is 1. The zero-order chi connectivity index (χ0) is 30.8. The third-order valence-corrected chi connectivity index (χ3v) is 7.10. The number of halogens is 2. The third-order valence-electron chi connectivity index (χ3n) is 7.10.